The summed E-state index contributed by atoms with van der Waals surface area (Å²) in [6.45, 7) is 6.93. The van der Waals surface area contributed by atoms with Gasteiger partial charge in [-0.05, 0) is 64.0 Å². The van der Waals surface area contributed by atoms with Gasteiger partial charge in [-0.2, -0.15) is 0 Å². The summed E-state index contributed by atoms with van der Waals surface area (Å²) in [5.74, 6) is 1.39. The molecule has 0 aliphatic carbocycles. The Balaban J connectivity index is 1.64. The first-order valence-corrected chi connectivity index (χ1v) is 12.0. The second-order valence-electron chi connectivity index (χ2n) is 8.13. The van der Waals surface area contributed by atoms with E-state index in [1.165, 1.54) is 35.9 Å². The zero-order chi connectivity index (χ0) is 22.7. The molecule has 3 amide bonds. The number of nitrogens with one attached hydrogen (secondary N) is 1. The van der Waals surface area contributed by atoms with Crippen molar-refractivity contribution in [1.29, 1.82) is 0 Å². The zero-order valence-corrected chi connectivity index (χ0v) is 19.6. The van der Waals surface area contributed by atoms with Crippen molar-refractivity contribution in [1.82, 2.24) is 29.9 Å². The number of amides is 3. The molecule has 10 heteroatoms. The molecule has 9 nitrogen and oxygen atoms in total. The smallest absolute Gasteiger partial charge is 0.324 e. The molecular weight excluding hydrogens is 428 g/mol. The number of ether oxygens (including phenoxy) is 1. The summed E-state index contributed by atoms with van der Waals surface area (Å²) >= 11 is 1.33. The maximum Gasteiger partial charge on any atom is 0.324 e. The van der Waals surface area contributed by atoms with Crippen molar-refractivity contribution in [3.05, 3.63) is 30.1 Å². The van der Waals surface area contributed by atoms with Gasteiger partial charge in [-0.1, -0.05) is 18.2 Å². The van der Waals surface area contributed by atoms with Crippen molar-refractivity contribution in [2.24, 2.45) is 0 Å². The van der Waals surface area contributed by atoms with Crippen molar-refractivity contribution in [3.8, 4) is 11.4 Å². The molecule has 0 bridgehead atoms. The number of thioether (sulfide) groups is 1. The number of piperidine rings is 1. The SMILES string of the molecule is COc1ccc(-n2c(S[C@H](C)C(=O)N3CCNC3=O)nnc2[C@H](C)N2CCCCC2)cc1. The highest BCUT2D eigenvalue weighted by atomic mass is 32.2. The lowest BCUT2D eigenvalue weighted by Gasteiger charge is -2.32. The van der Waals surface area contributed by atoms with Crippen LogP contribution >= 0.6 is 11.8 Å². The first-order valence-electron chi connectivity index (χ1n) is 11.1. The monoisotopic (exact) mass is 458 g/mol. The van der Waals surface area contributed by atoms with E-state index in [9.17, 15) is 9.59 Å². The van der Waals surface area contributed by atoms with Gasteiger partial charge in [0.1, 0.15) is 5.75 Å². The molecule has 1 N–H and O–H groups in total. The third kappa shape index (κ3) is 4.61. The Kier molecular flexibility index (Phi) is 7.00. The summed E-state index contributed by atoms with van der Waals surface area (Å²) in [7, 11) is 1.64. The van der Waals surface area contributed by atoms with Gasteiger partial charge in [0.05, 0.1) is 18.4 Å². The third-order valence-corrected chi connectivity index (χ3v) is 7.08. The van der Waals surface area contributed by atoms with E-state index in [1.54, 1.807) is 14.0 Å². The lowest BCUT2D eigenvalue weighted by molar-refractivity contribution is -0.126. The van der Waals surface area contributed by atoms with Crippen molar-refractivity contribution in [3.63, 3.8) is 0 Å². The fraction of sp³-hybridized carbons (Fsp3) is 0.545. The highest BCUT2D eigenvalue weighted by Crippen LogP contribution is 2.32. The molecule has 2 atom stereocenters. The van der Waals surface area contributed by atoms with E-state index >= 15 is 0 Å². The number of likely N-dealkylation sites (tertiary alicyclic amines) is 1. The van der Waals surface area contributed by atoms with Gasteiger partial charge in [0, 0.05) is 18.8 Å². The van der Waals surface area contributed by atoms with Gasteiger partial charge in [-0.15, -0.1) is 10.2 Å². The number of methoxy groups -OCH3 is 1. The van der Waals surface area contributed by atoms with E-state index in [0.717, 1.165) is 30.4 Å². The molecule has 2 aliphatic heterocycles. The predicted octanol–water partition coefficient (Wildman–Crippen LogP) is 2.86. The van der Waals surface area contributed by atoms with Crippen molar-refractivity contribution < 1.29 is 14.3 Å². The predicted molar refractivity (Wildman–Crippen MR) is 122 cm³/mol. The normalized spacial score (nSPS) is 19.0. The fourth-order valence-corrected chi connectivity index (χ4v) is 5.12. The Bertz CT molecular complexity index is 957. The molecule has 1 aromatic heterocycles. The highest BCUT2D eigenvalue weighted by Gasteiger charge is 2.32. The minimum atomic E-state index is -0.474. The maximum absolute atomic E-state index is 12.8. The van der Waals surface area contributed by atoms with Gasteiger partial charge in [0.25, 0.3) is 0 Å². The molecule has 2 aromatic rings. The summed E-state index contributed by atoms with van der Waals surface area (Å²) in [6, 6.07) is 7.51. The molecule has 0 spiro atoms. The van der Waals surface area contributed by atoms with Gasteiger partial charge in [-0.3, -0.25) is 19.2 Å². The van der Waals surface area contributed by atoms with E-state index in [2.05, 4.69) is 27.3 Å². The first kappa shape index (κ1) is 22.6. The number of hydrogen-bond acceptors (Lipinski definition) is 7. The van der Waals surface area contributed by atoms with E-state index in [0.29, 0.717) is 18.2 Å². The number of carbonyl (C=O) groups is 2. The molecule has 2 fully saturated rings. The van der Waals surface area contributed by atoms with Crippen LogP contribution in [-0.2, 0) is 4.79 Å². The Labute approximate surface area is 192 Å². The zero-order valence-electron chi connectivity index (χ0n) is 18.8. The molecule has 0 unspecified atom stereocenters. The van der Waals surface area contributed by atoms with E-state index < -0.39 is 5.25 Å². The summed E-state index contributed by atoms with van der Waals surface area (Å²) < 4.78 is 7.34. The van der Waals surface area contributed by atoms with Crippen molar-refractivity contribution >= 4 is 23.7 Å². The van der Waals surface area contributed by atoms with E-state index in [4.69, 9.17) is 4.74 Å². The largest absolute Gasteiger partial charge is 0.497 e. The Morgan fingerprint density at radius 2 is 1.81 bits per heavy atom. The van der Waals surface area contributed by atoms with Crippen molar-refractivity contribution in [2.45, 2.75) is 49.6 Å². The Hall–Kier alpha value is -2.59. The molecule has 0 saturated carbocycles. The molecule has 4 rings (SSSR count). The van der Waals surface area contributed by atoms with Crippen LogP contribution in [-0.4, -0.2) is 75.0 Å². The maximum atomic E-state index is 12.8. The van der Waals surface area contributed by atoms with Crippen LogP contribution in [0.5, 0.6) is 5.75 Å². The molecule has 3 heterocycles. The molecule has 2 saturated heterocycles. The molecule has 0 radical (unpaired) electrons. The average Bonchev–Trinajstić information content (AvgIpc) is 3.44. The number of aromatic nitrogens is 3. The fourth-order valence-electron chi connectivity index (χ4n) is 4.18. The minimum absolute atomic E-state index is 0.0922. The van der Waals surface area contributed by atoms with Gasteiger partial charge in [0.15, 0.2) is 11.0 Å². The van der Waals surface area contributed by atoms with Gasteiger partial charge in [0.2, 0.25) is 5.91 Å². The van der Waals surface area contributed by atoms with Gasteiger partial charge >= 0.3 is 6.03 Å². The highest BCUT2D eigenvalue weighted by molar-refractivity contribution is 8.00. The minimum Gasteiger partial charge on any atom is -0.497 e. The number of carbonyl (C=O) groups excluding carboxylic acids is 2. The molecule has 172 valence electrons. The first-order chi connectivity index (χ1) is 15.5. The number of imide groups is 1. The van der Waals surface area contributed by atoms with Crippen LogP contribution in [0.3, 0.4) is 0 Å². The molecule has 32 heavy (non-hydrogen) atoms. The second-order valence-corrected chi connectivity index (χ2v) is 9.44. The second kappa shape index (κ2) is 9.91. The van der Waals surface area contributed by atoms with Crippen LogP contribution in [0.15, 0.2) is 29.4 Å². The summed E-state index contributed by atoms with van der Waals surface area (Å²) in [5, 5.41) is 11.9. The van der Waals surface area contributed by atoms with Gasteiger partial charge < -0.3 is 10.1 Å². The van der Waals surface area contributed by atoms with Crippen LogP contribution in [0, 0.1) is 0 Å². The van der Waals surface area contributed by atoms with Crippen LogP contribution in [0.4, 0.5) is 4.79 Å². The molecular formula is C22H30N6O3S. The van der Waals surface area contributed by atoms with Crippen LogP contribution < -0.4 is 10.1 Å². The Morgan fingerprint density at radius 3 is 2.44 bits per heavy atom. The molecule has 2 aliphatic rings. The Morgan fingerprint density at radius 1 is 1.09 bits per heavy atom. The summed E-state index contributed by atoms with van der Waals surface area (Å²) in [6.07, 6.45) is 3.64. The number of benzene rings is 1. The standard InChI is InChI=1S/C22H30N6O3S/c1-15(26-12-5-4-6-13-26)19-24-25-22(28(19)17-7-9-18(31-3)10-8-17)32-16(2)20(29)27-14-11-23-21(27)30/h7-10,15-16H,4-6,11-14H2,1-3H3,(H,23,30)/t15-,16+/m0/s1. The number of hydrogen-bond donors (Lipinski definition) is 1. The van der Waals surface area contributed by atoms with Crippen LogP contribution in [0.25, 0.3) is 5.69 Å². The van der Waals surface area contributed by atoms with E-state index in [-0.39, 0.29) is 18.0 Å². The topological polar surface area (TPSA) is 92.6 Å². The average molecular weight is 459 g/mol. The lowest BCUT2D eigenvalue weighted by atomic mass is 10.1. The number of nitrogens with zero attached hydrogens (tertiary/aromatic N) is 5. The van der Waals surface area contributed by atoms with Crippen LogP contribution in [0.1, 0.15) is 45.0 Å². The van der Waals surface area contributed by atoms with Crippen molar-refractivity contribution in [2.75, 3.05) is 33.3 Å². The number of rotatable bonds is 7. The third-order valence-electron chi connectivity index (χ3n) is 6.05. The van der Waals surface area contributed by atoms with E-state index in [1.807, 2.05) is 28.8 Å². The molecule has 1 aromatic carbocycles. The van der Waals surface area contributed by atoms with Gasteiger partial charge in [-0.25, -0.2) is 4.79 Å². The quantitative estimate of drug-likeness (QED) is 0.638. The number of urea groups is 1. The van der Waals surface area contributed by atoms with Crippen LogP contribution in [0.2, 0.25) is 0 Å². The summed E-state index contributed by atoms with van der Waals surface area (Å²) in [5.41, 5.74) is 0.913. The lowest BCUT2D eigenvalue weighted by Crippen LogP contribution is -2.39. The summed E-state index contributed by atoms with van der Waals surface area (Å²) in [4.78, 5) is 28.5.